The van der Waals surface area contributed by atoms with E-state index >= 15 is 0 Å². The van der Waals surface area contributed by atoms with E-state index in [9.17, 15) is 9.59 Å². The Labute approximate surface area is 212 Å². The summed E-state index contributed by atoms with van der Waals surface area (Å²) in [6, 6.07) is 15.9. The average molecular weight is 488 g/mol. The molecular formula is C29H33N3O4. The largest absolute Gasteiger partial charge is 0.454 e. The van der Waals surface area contributed by atoms with E-state index < -0.39 is 0 Å². The summed E-state index contributed by atoms with van der Waals surface area (Å²) in [5.74, 6) is 1.64. The van der Waals surface area contributed by atoms with Crippen molar-refractivity contribution in [2.45, 2.75) is 46.5 Å². The van der Waals surface area contributed by atoms with Gasteiger partial charge < -0.3 is 24.3 Å². The Kier molecular flexibility index (Phi) is 6.48. The van der Waals surface area contributed by atoms with Crippen LogP contribution in [0.3, 0.4) is 0 Å². The lowest BCUT2D eigenvalue weighted by Gasteiger charge is -2.31. The quantitative estimate of drug-likeness (QED) is 0.520. The summed E-state index contributed by atoms with van der Waals surface area (Å²) in [6.45, 7) is 9.73. The molecular weight excluding hydrogens is 454 g/mol. The number of hydrogen-bond donors (Lipinski definition) is 1. The standard InChI is InChI=1S/C29H33N3O4/c1-18(2)22-6-5-7-24(15-22)32-19(3)14-25(20(32)4)29(34)31-12-10-21(11-13-31)28(33)30-23-8-9-26-27(16-23)36-17-35-26/h5-9,14-16,18,21H,10-13,17H2,1-4H3,(H,30,33). The number of carbonyl (C=O) groups excluding carboxylic acids is 2. The van der Waals surface area contributed by atoms with E-state index in [4.69, 9.17) is 9.47 Å². The molecule has 3 heterocycles. The highest BCUT2D eigenvalue weighted by Gasteiger charge is 2.30. The van der Waals surface area contributed by atoms with Crippen molar-refractivity contribution in [1.82, 2.24) is 9.47 Å². The van der Waals surface area contributed by atoms with Gasteiger partial charge in [0.1, 0.15) is 0 Å². The predicted octanol–water partition coefficient (Wildman–Crippen LogP) is 5.44. The molecule has 0 unspecified atom stereocenters. The molecule has 3 aromatic rings. The van der Waals surface area contributed by atoms with E-state index in [1.165, 1.54) is 5.56 Å². The second-order valence-electron chi connectivity index (χ2n) is 9.99. The number of fused-ring (bicyclic) bond motifs is 1. The number of nitrogens with zero attached hydrogens (tertiary/aromatic N) is 2. The van der Waals surface area contributed by atoms with Crippen molar-refractivity contribution < 1.29 is 19.1 Å². The Bertz CT molecular complexity index is 1300. The number of anilines is 1. The van der Waals surface area contributed by atoms with E-state index in [2.05, 4.69) is 48.0 Å². The van der Waals surface area contributed by atoms with Gasteiger partial charge in [0.25, 0.3) is 5.91 Å². The van der Waals surface area contributed by atoms with Crippen LogP contribution < -0.4 is 14.8 Å². The van der Waals surface area contributed by atoms with E-state index in [-0.39, 0.29) is 24.5 Å². The second kappa shape index (κ2) is 9.72. The summed E-state index contributed by atoms with van der Waals surface area (Å²) < 4.78 is 12.9. The van der Waals surface area contributed by atoms with Gasteiger partial charge in [-0.15, -0.1) is 0 Å². The minimum Gasteiger partial charge on any atom is -0.454 e. The summed E-state index contributed by atoms with van der Waals surface area (Å²) in [7, 11) is 0. The Morgan fingerprint density at radius 3 is 2.47 bits per heavy atom. The molecule has 0 spiro atoms. The molecule has 0 bridgehead atoms. The fourth-order valence-electron chi connectivity index (χ4n) is 5.13. The fourth-order valence-corrected chi connectivity index (χ4v) is 5.13. The maximum atomic E-state index is 13.5. The molecule has 188 valence electrons. The number of hydrogen-bond acceptors (Lipinski definition) is 4. The third-order valence-electron chi connectivity index (χ3n) is 7.25. The lowest BCUT2D eigenvalue weighted by Crippen LogP contribution is -2.41. The van der Waals surface area contributed by atoms with Crippen LogP contribution in [0.2, 0.25) is 0 Å². The van der Waals surface area contributed by atoms with Crippen LogP contribution in [0.1, 0.15) is 59.9 Å². The summed E-state index contributed by atoms with van der Waals surface area (Å²) in [5, 5.41) is 2.99. The molecule has 2 aliphatic heterocycles. The van der Waals surface area contributed by atoms with Crippen LogP contribution in [-0.2, 0) is 4.79 Å². The van der Waals surface area contributed by atoms with Gasteiger partial charge in [-0.25, -0.2) is 0 Å². The first kappa shape index (κ1) is 24.0. The number of benzene rings is 2. The third-order valence-corrected chi connectivity index (χ3v) is 7.25. The van der Waals surface area contributed by atoms with Crippen LogP contribution in [0.5, 0.6) is 11.5 Å². The van der Waals surface area contributed by atoms with Crippen molar-refractivity contribution in [2.24, 2.45) is 5.92 Å². The highest BCUT2D eigenvalue weighted by atomic mass is 16.7. The van der Waals surface area contributed by atoms with E-state index in [1.54, 1.807) is 12.1 Å². The van der Waals surface area contributed by atoms with Gasteiger partial charge in [-0.05, 0) is 68.5 Å². The molecule has 5 rings (SSSR count). The minimum atomic E-state index is -0.134. The van der Waals surface area contributed by atoms with E-state index in [0.29, 0.717) is 49.0 Å². The molecule has 36 heavy (non-hydrogen) atoms. The lowest BCUT2D eigenvalue weighted by atomic mass is 9.95. The van der Waals surface area contributed by atoms with Crippen LogP contribution in [0.25, 0.3) is 5.69 Å². The van der Waals surface area contributed by atoms with Crippen LogP contribution in [-0.4, -0.2) is 41.2 Å². The Hall–Kier alpha value is -3.74. The number of rotatable bonds is 5. The number of ether oxygens (including phenoxy) is 2. The first-order chi connectivity index (χ1) is 17.3. The molecule has 0 aliphatic carbocycles. The van der Waals surface area contributed by atoms with E-state index in [1.807, 2.05) is 30.9 Å². The van der Waals surface area contributed by atoms with Crippen LogP contribution in [0, 0.1) is 19.8 Å². The van der Waals surface area contributed by atoms with Crippen LogP contribution in [0.4, 0.5) is 5.69 Å². The van der Waals surface area contributed by atoms with Crippen molar-refractivity contribution >= 4 is 17.5 Å². The zero-order chi connectivity index (χ0) is 25.4. The number of amides is 2. The molecule has 2 aliphatic rings. The highest BCUT2D eigenvalue weighted by Crippen LogP contribution is 2.34. The number of aromatic nitrogens is 1. The number of piperidine rings is 1. The SMILES string of the molecule is Cc1cc(C(=O)N2CCC(C(=O)Nc3ccc4c(c3)OCO4)CC2)c(C)n1-c1cccc(C(C)C)c1. The van der Waals surface area contributed by atoms with Gasteiger partial charge in [0, 0.05) is 47.8 Å². The Balaban J connectivity index is 1.24. The van der Waals surface area contributed by atoms with Crippen LogP contribution in [0.15, 0.2) is 48.5 Å². The number of likely N-dealkylation sites (tertiary alicyclic amines) is 1. The van der Waals surface area contributed by atoms with Gasteiger partial charge in [-0.1, -0.05) is 26.0 Å². The van der Waals surface area contributed by atoms with Gasteiger partial charge in [0.2, 0.25) is 12.7 Å². The molecule has 0 saturated carbocycles. The van der Waals surface area contributed by atoms with Gasteiger partial charge in [0.15, 0.2) is 11.5 Å². The Morgan fingerprint density at radius 1 is 0.972 bits per heavy atom. The van der Waals surface area contributed by atoms with Crippen molar-refractivity contribution in [3.05, 3.63) is 71.0 Å². The van der Waals surface area contributed by atoms with Crippen molar-refractivity contribution in [1.29, 1.82) is 0 Å². The van der Waals surface area contributed by atoms with Gasteiger partial charge in [-0.3, -0.25) is 9.59 Å². The highest BCUT2D eigenvalue weighted by molar-refractivity contribution is 5.97. The number of aryl methyl sites for hydroxylation is 1. The van der Waals surface area contributed by atoms with Gasteiger partial charge in [0.05, 0.1) is 5.56 Å². The smallest absolute Gasteiger partial charge is 0.255 e. The molecule has 1 fully saturated rings. The van der Waals surface area contributed by atoms with E-state index in [0.717, 1.165) is 22.6 Å². The van der Waals surface area contributed by atoms with Crippen molar-refractivity contribution in [3.63, 3.8) is 0 Å². The first-order valence-corrected chi connectivity index (χ1v) is 12.6. The van der Waals surface area contributed by atoms with Crippen molar-refractivity contribution in [3.8, 4) is 17.2 Å². The third kappa shape index (κ3) is 4.57. The summed E-state index contributed by atoms with van der Waals surface area (Å²) in [6.07, 6.45) is 1.27. The monoisotopic (exact) mass is 487 g/mol. The minimum absolute atomic E-state index is 0.0239. The molecule has 2 amide bonds. The number of nitrogens with one attached hydrogen (secondary N) is 1. The molecule has 1 N–H and O–H groups in total. The topological polar surface area (TPSA) is 72.8 Å². The maximum Gasteiger partial charge on any atom is 0.255 e. The molecule has 0 atom stereocenters. The first-order valence-electron chi connectivity index (χ1n) is 12.6. The zero-order valence-electron chi connectivity index (χ0n) is 21.3. The molecule has 2 aromatic carbocycles. The molecule has 1 saturated heterocycles. The molecule has 1 aromatic heterocycles. The zero-order valence-corrected chi connectivity index (χ0v) is 21.3. The fraction of sp³-hybridized carbons (Fsp3) is 0.379. The summed E-state index contributed by atoms with van der Waals surface area (Å²) >= 11 is 0. The number of carbonyl (C=O) groups is 2. The normalized spacial score (nSPS) is 15.4. The van der Waals surface area contributed by atoms with Gasteiger partial charge in [-0.2, -0.15) is 0 Å². The molecule has 7 nitrogen and oxygen atoms in total. The average Bonchev–Trinajstić information content (AvgIpc) is 3.46. The second-order valence-corrected chi connectivity index (χ2v) is 9.99. The Morgan fingerprint density at radius 2 is 1.72 bits per heavy atom. The molecule has 7 heteroatoms. The van der Waals surface area contributed by atoms with Gasteiger partial charge >= 0.3 is 0 Å². The van der Waals surface area contributed by atoms with Crippen LogP contribution >= 0.6 is 0 Å². The summed E-state index contributed by atoms with van der Waals surface area (Å²) in [4.78, 5) is 28.2. The maximum absolute atomic E-state index is 13.5. The molecule has 0 radical (unpaired) electrons. The summed E-state index contributed by atoms with van der Waals surface area (Å²) in [5.41, 5.74) is 5.75. The lowest BCUT2D eigenvalue weighted by molar-refractivity contribution is -0.121. The van der Waals surface area contributed by atoms with Crippen molar-refractivity contribution in [2.75, 3.05) is 25.2 Å². The predicted molar refractivity (Wildman–Crippen MR) is 139 cm³/mol.